The van der Waals surface area contributed by atoms with Crippen LogP contribution in [0, 0.1) is 11.8 Å². The van der Waals surface area contributed by atoms with E-state index in [9.17, 15) is 18.3 Å². The van der Waals surface area contributed by atoms with E-state index in [4.69, 9.17) is 0 Å². The van der Waals surface area contributed by atoms with E-state index in [2.05, 4.69) is 0 Å². The lowest BCUT2D eigenvalue weighted by molar-refractivity contribution is -0.255. The maximum absolute atomic E-state index is 12.6. The molecule has 0 bridgehead atoms. The number of rotatable bonds is 3. The number of hydrogen-bond acceptors (Lipinski definition) is 4. The summed E-state index contributed by atoms with van der Waals surface area (Å²) in [6, 6.07) is 5.34. The lowest BCUT2D eigenvalue weighted by Crippen LogP contribution is -2.42. The number of aromatic carboxylic acids is 1. The van der Waals surface area contributed by atoms with Crippen LogP contribution in [0.15, 0.2) is 29.2 Å². The molecule has 0 unspecified atom stereocenters. The molecule has 0 aromatic heterocycles. The lowest BCUT2D eigenvalue weighted by atomic mass is 9.94. The molecule has 5 nitrogen and oxygen atoms in total. The number of nitrogens with zero attached hydrogens (tertiary/aromatic N) is 1. The number of carbonyl (C=O) groups is 1. The normalized spacial score (nSPS) is 24.5. The monoisotopic (exact) mass is 296 g/mol. The molecule has 1 aromatic carbocycles. The Morgan fingerprint density at radius 3 is 2.40 bits per heavy atom. The van der Waals surface area contributed by atoms with Crippen molar-refractivity contribution >= 4 is 16.0 Å². The van der Waals surface area contributed by atoms with Gasteiger partial charge >= 0.3 is 0 Å². The van der Waals surface area contributed by atoms with E-state index in [-0.39, 0.29) is 10.5 Å². The van der Waals surface area contributed by atoms with Crippen LogP contribution in [-0.4, -0.2) is 31.8 Å². The highest BCUT2D eigenvalue weighted by molar-refractivity contribution is 7.89. The SMILES string of the molecule is C[C@H]1C[C@H](C)CN(S(=O)(=O)c2cccc(C(=O)[O-])c2)C1. The molecular formula is C14H18NO4S-. The highest BCUT2D eigenvalue weighted by Gasteiger charge is 2.31. The predicted molar refractivity (Wildman–Crippen MR) is 72.5 cm³/mol. The van der Waals surface area contributed by atoms with E-state index in [0.29, 0.717) is 24.9 Å². The van der Waals surface area contributed by atoms with Gasteiger partial charge in [0, 0.05) is 13.1 Å². The van der Waals surface area contributed by atoms with Crippen LogP contribution in [0.3, 0.4) is 0 Å². The maximum atomic E-state index is 12.6. The number of carboxylic acids is 1. The van der Waals surface area contributed by atoms with Gasteiger partial charge in [0.2, 0.25) is 10.0 Å². The molecule has 2 rings (SSSR count). The average Bonchev–Trinajstić information content (AvgIpc) is 2.37. The number of hydrogen-bond donors (Lipinski definition) is 0. The summed E-state index contributed by atoms with van der Waals surface area (Å²) in [5, 5.41) is 10.8. The van der Waals surface area contributed by atoms with Crippen molar-refractivity contribution in [1.82, 2.24) is 4.31 Å². The fourth-order valence-corrected chi connectivity index (χ4v) is 4.46. The first-order valence-corrected chi connectivity index (χ1v) is 8.06. The van der Waals surface area contributed by atoms with Gasteiger partial charge in [-0.3, -0.25) is 0 Å². The van der Waals surface area contributed by atoms with Gasteiger partial charge in [0.25, 0.3) is 0 Å². The molecule has 0 N–H and O–H groups in total. The summed E-state index contributed by atoms with van der Waals surface area (Å²) < 4.78 is 26.6. The zero-order valence-corrected chi connectivity index (χ0v) is 12.4. The third-order valence-corrected chi connectivity index (χ3v) is 5.37. The minimum Gasteiger partial charge on any atom is -0.545 e. The van der Waals surface area contributed by atoms with Crippen LogP contribution in [0.2, 0.25) is 0 Å². The molecule has 1 aliphatic heterocycles. The highest BCUT2D eigenvalue weighted by Crippen LogP contribution is 2.26. The topological polar surface area (TPSA) is 77.5 Å². The van der Waals surface area contributed by atoms with Crippen LogP contribution in [0.4, 0.5) is 0 Å². The Morgan fingerprint density at radius 2 is 1.85 bits per heavy atom. The second-order valence-corrected chi connectivity index (χ2v) is 7.52. The van der Waals surface area contributed by atoms with E-state index in [1.54, 1.807) is 0 Å². The van der Waals surface area contributed by atoms with Crippen molar-refractivity contribution < 1.29 is 18.3 Å². The van der Waals surface area contributed by atoms with E-state index in [0.717, 1.165) is 12.5 Å². The van der Waals surface area contributed by atoms with Gasteiger partial charge < -0.3 is 9.90 Å². The Morgan fingerprint density at radius 1 is 1.25 bits per heavy atom. The first-order valence-electron chi connectivity index (χ1n) is 6.62. The van der Waals surface area contributed by atoms with E-state index in [1.165, 1.54) is 22.5 Å². The third-order valence-electron chi connectivity index (χ3n) is 3.54. The molecule has 1 aliphatic rings. The average molecular weight is 296 g/mol. The van der Waals surface area contributed by atoms with E-state index >= 15 is 0 Å². The molecule has 1 heterocycles. The van der Waals surface area contributed by atoms with E-state index in [1.807, 2.05) is 13.8 Å². The summed E-state index contributed by atoms with van der Waals surface area (Å²) in [5.74, 6) is -0.766. The van der Waals surface area contributed by atoms with Crippen molar-refractivity contribution in [1.29, 1.82) is 0 Å². The van der Waals surface area contributed by atoms with Crippen LogP contribution in [-0.2, 0) is 10.0 Å². The Bertz CT molecular complexity index is 601. The van der Waals surface area contributed by atoms with Gasteiger partial charge in [0.1, 0.15) is 0 Å². The van der Waals surface area contributed by atoms with E-state index < -0.39 is 16.0 Å². The summed E-state index contributed by atoms with van der Waals surface area (Å²) in [7, 11) is -3.64. The summed E-state index contributed by atoms with van der Waals surface area (Å²) in [6.07, 6.45) is 1.01. The Hall–Kier alpha value is -1.40. The number of carbonyl (C=O) groups excluding carboxylic acids is 1. The summed E-state index contributed by atoms with van der Waals surface area (Å²) >= 11 is 0. The van der Waals surface area contributed by atoms with Crippen LogP contribution < -0.4 is 5.11 Å². The van der Waals surface area contributed by atoms with Crippen molar-refractivity contribution in [2.24, 2.45) is 11.8 Å². The van der Waals surface area contributed by atoms with Crippen LogP contribution in [0.25, 0.3) is 0 Å². The molecule has 1 fully saturated rings. The van der Waals surface area contributed by atoms with Gasteiger partial charge in [-0.2, -0.15) is 4.31 Å². The fraction of sp³-hybridized carbons (Fsp3) is 0.500. The van der Waals surface area contributed by atoms with Crippen LogP contribution >= 0.6 is 0 Å². The molecule has 0 spiro atoms. The molecule has 0 aliphatic carbocycles. The van der Waals surface area contributed by atoms with Gasteiger partial charge in [0.15, 0.2) is 0 Å². The van der Waals surface area contributed by atoms with Crippen molar-refractivity contribution in [2.45, 2.75) is 25.2 Å². The van der Waals surface area contributed by atoms with Gasteiger partial charge in [-0.05, 0) is 36.0 Å². The van der Waals surface area contributed by atoms with Crippen molar-refractivity contribution in [3.8, 4) is 0 Å². The lowest BCUT2D eigenvalue weighted by Gasteiger charge is -2.34. The molecule has 110 valence electrons. The Labute approximate surface area is 119 Å². The number of benzene rings is 1. The molecule has 2 atom stereocenters. The second kappa shape index (κ2) is 5.54. The minimum atomic E-state index is -3.64. The fourth-order valence-electron chi connectivity index (χ4n) is 2.73. The highest BCUT2D eigenvalue weighted by atomic mass is 32.2. The Kier molecular flexibility index (Phi) is 4.15. The number of piperidine rings is 1. The van der Waals surface area contributed by atoms with Gasteiger partial charge in [-0.25, -0.2) is 8.42 Å². The van der Waals surface area contributed by atoms with Crippen molar-refractivity contribution in [3.63, 3.8) is 0 Å². The summed E-state index contributed by atoms with van der Waals surface area (Å²) in [4.78, 5) is 10.9. The smallest absolute Gasteiger partial charge is 0.243 e. The quantitative estimate of drug-likeness (QED) is 0.823. The first kappa shape index (κ1) is 15.0. The zero-order chi connectivity index (χ0) is 14.9. The van der Waals surface area contributed by atoms with Crippen molar-refractivity contribution in [2.75, 3.05) is 13.1 Å². The Balaban J connectivity index is 2.34. The number of sulfonamides is 1. The van der Waals surface area contributed by atoms with Crippen molar-refractivity contribution in [3.05, 3.63) is 29.8 Å². The largest absolute Gasteiger partial charge is 0.545 e. The minimum absolute atomic E-state index is 0.0144. The predicted octanol–water partition coefficient (Wildman–Crippen LogP) is 0.717. The van der Waals surface area contributed by atoms with Crippen LogP contribution in [0.5, 0.6) is 0 Å². The molecular weight excluding hydrogens is 278 g/mol. The second-order valence-electron chi connectivity index (χ2n) is 5.58. The molecule has 6 heteroatoms. The molecule has 0 amide bonds. The molecule has 0 radical (unpaired) electrons. The third kappa shape index (κ3) is 3.02. The van der Waals surface area contributed by atoms with Crippen LogP contribution in [0.1, 0.15) is 30.6 Å². The summed E-state index contributed by atoms with van der Waals surface area (Å²) in [5.41, 5.74) is -0.121. The van der Waals surface area contributed by atoms with Gasteiger partial charge in [-0.1, -0.05) is 26.0 Å². The standard InChI is InChI=1S/C14H19NO4S/c1-10-6-11(2)9-15(8-10)20(18,19)13-5-3-4-12(7-13)14(16)17/h3-5,7,10-11H,6,8-9H2,1-2H3,(H,16,17)/p-1/t10-,11-/m0/s1. The summed E-state index contributed by atoms with van der Waals surface area (Å²) in [6.45, 7) is 5.00. The van der Waals surface area contributed by atoms with Gasteiger partial charge in [-0.15, -0.1) is 0 Å². The first-order chi connectivity index (χ1) is 9.30. The van der Waals surface area contributed by atoms with Gasteiger partial charge in [0.05, 0.1) is 10.9 Å². The maximum Gasteiger partial charge on any atom is 0.243 e. The zero-order valence-electron chi connectivity index (χ0n) is 11.6. The molecule has 0 saturated carbocycles. The molecule has 1 aromatic rings. The molecule has 1 saturated heterocycles. The molecule has 20 heavy (non-hydrogen) atoms. The number of carboxylic acid groups (broad SMARTS) is 1.